The van der Waals surface area contributed by atoms with Gasteiger partial charge in [-0.25, -0.2) is 0 Å². The van der Waals surface area contributed by atoms with Gasteiger partial charge in [-0.05, 0) is 65.2 Å². The minimum absolute atomic E-state index is 0.315. The summed E-state index contributed by atoms with van der Waals surface area (Å²) in [6.45, 7) is 14.4. The molecule has 4 atom stereocenters. The number of hydrogen-bond acceptors (Lipinski definition) is 6. The number of nitrogens with zero attached hydrogens (tertiary/aromatic N) is 2. The smallest absolute Gasteiger partial charge is 0.267 e. The molecule has 0 aliphatic carbocycles. The lowest BCUT2D eigenvalue weighted by atomic mass is 10.0. The van der Waals surface area contributed by atoms with Crippen LogP contribution in [0.1, 0.15) is 233 Å². The predicted octanol–water partition coefficient (Wildman–Crippen LogP) is 11.7. The lowest BCUT2D eigenvalue weighted by Gasteiger charge is -2.40. The molecule has 0 heterocycles. The van der Waals surface area contributed by atoms with Gasteiger partial charge in [0.25, 0.3) is 20.2 Å². The van der Waals surface area contributed by atoms with Crippen LogP contribution in [-0.2, 0) is 20.2 Å². The molecule has 12 heteroatoms. The Bertz CT molecular complexity index is 1080. The highest BCUT2D eigenvalue weighted by Gasteiger charge is 2.32. The van der Waals surface area contributed by atoms with Crippen molar-refractivity contribution >= 4 is 20.2 Å². The molecule has 0 bridgehead atoms. The molecule has 0 aromatic rings. The summed E-state index contributed by atoms with van der Waals surface area (Å²) in [7, 11) is -8.54. The second kappa shape index (κ2) is 38.0. The fraction of sp³-hybridized carbons (Fsp3) is 1.00. The maximum Gasteiger partial charge on any atom is 0.267 e. The molecule has 4 N–H and O–H groups in total. The quantitative estimate of drug-likeness (QED) is 0.0268. The van der Waals surface area contributed by atoms with Crippen molar-refractivity contribution in [3.8, 4) is 0 Å². The fourth-order valence-corrected chi connectivity index (χ4v) is 10.7. The Morgan fingerprint density at radius 1 is 0.333 bits per heavy atom. The zero-order valence-corrected chi connectivity index (χ0v) is 41.6. The second-order valence-corrected chi connectivity index (χ2v) is 22.0. The van der Waals surface area contributed by atoms with Crippen molar-refractivity contribution in [3.63, 3.8) is 0 Å². The molecular weight excluding hydrogens is 797 g/mol. The zero-order chi connectivity index (χ0) is 44.9. The highest BCUT2D eigenvalue weighted by Crippen LogP contribution is 2.21. The maximum absolute atomic E-state index is 11.6. The van der Waals surface area contributed by atoms with Crippen LogP contribution in [0.5, 0.6) is 0 Å². The molecule has 0 aromatic carbocycles. The summed E-state index contributed by atoms with van der Waals surface area (Å²) >= 11 is 0. The summed E-state index contributed by atoms with van der Waals surface area (Å²) in [6.07, 6.45) is 37.8. The molecule has 0 saturated heterocycles. The number of quaternary nitrogens is 2. The van der Waals surface area contributed by atoms with Gasteiger partial charge in [0.2, 0.25) is 0 Å². The molecule has 362 valence electrons. The minimum atomic E-state index is -4.27. The molecule has 0 aromatic heterocycles. The molecule has 0 rings (SSSR count). The topological polar surface area (TPSA) is 149 Å². The van der Waals surface area contributed by atoms with E-state index in [1.54, 1.807) is 0 Å². The molecule has 0 spiro atoms. The van der Waals surface area contributed by atoms with Gasteiger partial charge in [-0.2, -0.15) is 16.8 Å². The maximum atomic E-state index is 11.6. The molecule has 10 nitrogen and oxygen atoms in total. The van der Waals surface area contributed by atoms with Gasteiger partial charge in [-0.15, -0.1) is 0 Å². The highest BCUT2D eigenvalue weighted by atomic mass is 32.2. The summed E-state index contributed by atoms with van der Waals surface area (Å²) in [5.74, 6) is -1.27. The molecule has 0 radical (unpaired) electrons. The van der Waals surface area contributed by atoms with Gasteiger partial charge >= 0.3 is 0 Å². The van der Waals surface area contributed by atoms with E-state index >= 15 is 0 Å². The zero-order valence-electron chi connectivity index (χ0n) is 40.0. The molecule has 0 aliphatic rings. The van der Waals surface area contributed by atoms with E-state index in [0.717, 1.165) is 90.6 Å². The van der Waals surface area contributed by atoms with Crippen LogP contribution in [0, 0.1) is 0 Å². The first-order valence-electron chi connectivity index (χ1n) is 25.6. The molecule has 0 amide bonds. The van der Waals surface area contributed by atoms with Crippen molar-refractivity contribution < 1.29 is 45.1 Å². The lowest BCUT2D eigenvalue weighted by molar-refractivity contribution is -0.930. The molecule has 60 heavy (non-hydrogen) atoms. The van der Waals surface area contributed by atoms with Gasteiger partial charge in [0.15, 0.2) is 0 Å². The van der Waals surface area contributed by atoms with E-state index in [1.165, 1.54) is 154 Å². The first-order chi connectivity index (χ1) is 28.7. The Kier molecular flexibility index (Phi) is 37.8. The van der Waals surface area contributed by atoms with E-state index in [0.29, 0.717) is 22.1 Å². The monoisotopic (exact) mass is 899 g/mol. The number of rotatable bonds is 47. The summed E-state index contributed by atoms with van der Waals surface area (Å²) < 4.78 is 66.6. The first-order valence-corrected chi connectivity index (χ1v) is 28.8. The highest BCUT2D eigenvalue weighted by molar-refractivity contribution is 7.86. The third-order valence-corrected chi connectivity index (χ3v) is 14.9. The van der Waals surface area contributed by atoms with Crippen LogP contribution >= 0.6 is 0 Å². The third kappa shape index (κ3) is 37.1. The van der Waals surface area contributed by atoms with Crippen LogP contribution in [0.2, 0.25) is 0 Å². The third-order valence-electron chi connectivity index (χ3n) is 13.3. The van der Waals surface area contributed by atoms with Crippen LogP contribution in [0.3, 0.4) is 0 Å². The lowest BCUT2D eigenvalue weighted by Crippen LogP contribution is -2.54. The van der Waals surface area contributed by atoms with Crippen LogP contribution in [0.4, 0.5) is 0 Å². The predicted molar refractivity (Wildman–Crippen MR) is 255 cm³/mol. The second-order valence-electron chi connectivity index (χ2n) is 19.0. The van der Waals surface area contributed by atoms with Gasteiger partial charge < -0.3 is 19.2 Å². The van der Waals surface area contributed by atoms with Crippen molar-refractivity contribution in [2.45, 2.75) is 245 Å². The Labute approximate surface area is 373 Å². The normalized spacial score (nSPS) is 15.5. The fourth-order valence-electron chi connectivity index (χ4n) is 9.50. The van der Waals surface area contributed by atoms with Crippen LogP contribution in [0.25, 0.3) is 0 Å². The summed E-state index contributed by atoms with van der Waals surface area (Å²) in [5, 5.41) is 21.5. The summed E-state index contributed by atoms with van der Waals surface area (Å²) in [6, 6.07) is 0. The average molecular weight is 899 g/mol. The number of likely N-dealkylation sites (N-methyl/N-ethyl adjacent to an activating group) is 2. The van der Waals surface area contributed by atoms with Crippen LogP contribution in [0.15, 0.2) is 0 Å². The molecular formula is C48H102N2O8S2+2. The molecule has 0 fully saturated rings. The van der Waals surface area contributed by atoms with Crippen LogP contribution < -0.4 is 0 Å². The largest absolute Gasteiger partial charge is 0.386 e. The minimum Gasteiger partial charge on any atom is -0.386 e. The Morgan fingerprint density at radius 3 is 0.683 bits per heavy atom. The van der Waals surface area contributed by atoms with Crippen molar-refractivity contribution in [2.75, 3.05) is 63.9 Å². The van der Waals surface area contributed by atoms with E-state index < -0.39 is 43.9 Å². The van der Waals surface area contributed by atoms with Gasteiger partial charge in [0.05, 0.1) is 39.3 Å². The van der Waals surface area contributed by atoms with E-state index in [4.69, 9.17) is 0 Å². The molecule has 4 unspecified atom stereocenters. The molecule has 0 aliphatic heterocycles. The standard InChI is InChI=1S/C48H100N2O8S2/c1-5-9-11-13-15-17-19-21-23-25-27-29-31-35-39-49(7-3,43-47(51)45-59(53,54)55)41-37-33-34-38-42-50(8-4,44-48(52)46-60(56,57)58)40-36-32-30-28-26-24-22-20-18-16-14-12-10-6-2/h47-48,51-52H,5-46H2,1-4H3/p+2. The van der Waals surface area contributed by atoms with Crippen LogP contribution in [-0.4, -0.2) is 121 Å². The van der Waals surface area contributed by atoms with E-state index in [2.05, 4.69) is 27.7 Å². The van der Waals surface area contributed by atoms with Crippen molar-refractivity contribution in [2.24, 2.45) is 0 Å². The number of aliphatic hydroxyl groups is 2. The van der Waals surface area contributed by atoms with Gasteiger partial charge in [-0.1, -0.05) is 168 Å². The molecule has 0 saturated carbocycles. The average Bonchev–Trinajstić information content (AvgIpc) is 3.17. The Balaban J connectivity index is 4.94. The van der Waals surface area contributed by atoms with Crippen molar-refractivity contribution in [3.05, 3.63) is 0 Å². The number of hydrogen-bond donors (Lipinski definition) is 4. The Hall–Kier alpha value is -0.340. The van der Waals surface area contributed by atoms with E-state index in [1.807, 2.05) is 0 Å². The van der Waals surface area contributed by atoms with Gasteiger partial charge in [-0.3, -0.25) is 9.11 Å². The van der Waals surface area contributed by atoms with E-state index in [9.17, 15) is 36.2 Å². The Morgan fingerprint density at radius 2 is 0.517 bits per heavy atom. The summed E-state index contributed by atoms with van der Waals surface area (Å²) in [5.41, 5.74) is 0. The first kappa shape index (κ1) is 59.7. The SMILES string of the molecule is CCCCCCCCCCCCCCCC[N+](CC)(CCCCCC[N+](CC)(CCCCCCCCCCCCCCCC)CC(O)CS(=O)(=O)O)CC(O)CS(=O)(=O)O. The number of unbranched alkanes of at least 4 members (excludes halogenated alkanes) is 29. The van der Waals surface area contributed by atoms with Crippen molar-refractivity contribution in [1.82, 2.24) is 0 Å². The van der Waals surface area contributed by atoms with E-state index in [-0.39, 0.29) is 0 Å². The van der Waals surface area contributed by atoms with Gasteiger partial charge in [0, 0.05) is 0 Å². The van der Waals surface area contributed by atoms with Gasteiger partial charge in [0.1, 0.15) is 36.8 Å². The summed E-state index contributed by atoms with van der Waals surface area (Å²) in [4.78, 5) is 0. The number of aliphatic hydroxyl groups excluding tert-OH is 2. The van der Waals surface area contributed by atoms with Crippen molar-refractivity contribution in [1.29, 1.82) is 0 Å².